The minimum absolute atomic E-state index is 0.485. The first kappa shape index (κ1) is 7.97. The molecule has 0 aliphatic carbocycles. The van der Waals surface area contributed by atoms with Gasteiger partial charge in [0.05, 0.1) is 5.57 Å². The van der Waals surface area contributed by atoms with E-state index >= 15 is 0 Å². The van der Waals surface area contributed by atoms with E-state index in [1.54, 1.807) is 4.08 Å². The number of halogens is 4. The molecule has 4 heteroatoms. The van der Waals surface area contributed by atoms with Gasteiger partial charge in [-0.3, -0.25) is 0 Å². The maximum absolute atomic E-state index is 11.8. The van der Waals surface area contributed by atoms with E-state index in [0.29, 0.717) is 0 Å². The minimum Gasteiger partial charge on any atom is -0.166 e. The molecule has 56 valence electrons. The van der Waals surface area contributed by atoms with Crippen LogP contribution in [0.2, 0.25) is 0 Å². The number of alkyl halides is 3. The van der Waals surface area contributed by atoms with Crippen LogP contribution in [-0.4, -0.2) is 10.2 Å². The SMILES string of the molecule is FC(F)(F)C1=CC=CI=C1. The fourth-order valence-corrected chi connectivity index (χ4v) is 2.08. The van der Waals surface area contributed by atoms with Crippen molar-refractivity contribution in [2.45, 2.75) is 6.18 Å². The molecule has 0 amide bonds. The van der Waals surface area contributed by atoms with E-state index in [9.17, 15) is 13.2 Å². The highest BCUT2D eigenvalue weighted by Crippen LogP contribution is 2.27. The molecule has 0 aromatic heterocycles. The normalized spacial score (nSPS) is 18.1. The lowest BCUT2D eigenvalue weighted by Crippen LogP contribution is -2.12. The molecule has 0 saturated carbocycles. The Bertz CT molecular complexity index is 210. The van der Waals surface area contributed by atoms with E-state index in [4.69, 9.17) is 0 Å². The number of allylic oxidation sites excluding steroid dienone is 3. The van der Waals surface area contributed by atoms with Gasteiger partial charge >= 0.3 is 6.18 Å². The van der Waals surface area contributed by atoms with Crippen molar-refractivity contribution in [3.63, 3.8) is 0 Å². The van der Waals surface area contributed by atoms with Crippen LogP contribution in [0, 0.1) is 0 Å². The summed E-state index contributed by atoms with van der Waals surface area (Å²) in [6, 6.07) is 0. The zero-order valence-corrected chi connectivity index (χ0v) is 6.98. The highest BCUT2D eigenvalue weighted by molar-refractivity contribution is 14.2. The zero-order valence-electron chi connectivity index (χ0n) is 4.82. The molecule has 0 fully saturated rings. The largest absolute Gasteiger partial charge is 0.416 e. The first-order valence-corrected chi connectivity index (χ1v) is 4.99. The van der Waals surface area contributed by atoms with Gasteiger partial charge in [-0.05, 0) is 14.2 Å². The van der Waals surface area contributed by atoms with E-state index in [2.05, 4.69) is 0 Å². The standard InChI is InChI=1S/C6H4F3I/c7-6(8,9)5-2-1-3-10-4-5/h1-4H. The third-order valence-corrected chi connectivity index (χ3v) is 2.79. The molecule has 0 N–H and O–H groups in total. The highest BCUT2D eigenvalue weighted by atomic mass is 127. The van der Waals surface area contributed by atoms with Gasteiger partial charge in [-0.2, -0.15) is 13.2 Å². The van der Waals surface area contributed by atoms with Gasteiger partial charge in [0.2, 0.25) is 0 Å². The maximum Gasteiger partial charge on any atom is 0.416 e. The molecule has 1 heterocycles. The van der Waals surface area contributed by atoms with Crippen LogP contribution < -0.4 is 0 Å². The van der Waals surface area contributed by atoms with Crippen molar-refractivity contribution in [3.05, 3.63) is 21.8 Å². The first-order chi connectivity index (χ1) is 4.61. The van der Waals surface area contributed by atoms with E-state index < -0.39 is 32.5 Å². The third kappa shape index (κ3) is 1.93. The van der Waals surface area contributed by atoms with Crippen LogP contribution in [0.4, 0.5) is 13.2 Å². The predicted molar refractivity (Wildman–Crippen MR) is 43.4 cm³/mol. The molecule has 0 saturated heterocycles. The molecule has 0 aromatic carbocycles. The van der Waals surface area contributed by atoms with Crippen molar-refractivity contribution < 1.29 is 13.2 Å². The second kappa shape index (κ2) is 2.86. The van der Waals surface area contributed by atoms with Crippen LogP contribution in [0.15, 0.2) is 21.8 Å². The van der Waals surface area contributed by atoms with E-state index in [-0.39, 0.29) is 0 Å². The fourth-order valence-electron chi connectivity index (χ4n) is 0.479. The van der Waals surface area contributed by atoms with Crippen molar-refractivity contribution >= 4 is 24.7 Å². The molecule has 0 unspecified atom stereocenters. The molecule has 0 bridgehead atoms. The second-order valence-corrected chi connectivity index (χ2v) is 3.73. The predicted octanol–water partition coefficient (Wildman–Crippen LogP) is 2.78. The molecule has 0 spiro atoms. The van der Waals surface area contributed by atoms with Gasteiger partial charge in [-0.15, -0.1) is 0 Å². The Balaban J connectivity index is 2.85. The number of rotatable bonds is 0. The monoisotopic (exact) mass is 260 g/mol. The molecular formula is C6H4F3I. The Morgan fingerprint density at radius 2 is 2.00 bits per heavy atom. The molecular weight excluding hydrogens is 256 g/mol. The molecule has 0 aromatic rings. The fraction of sp³-hybridized carbons (Fsp3) is 0.167. The van der Waals surface area contributed by atoms with Crippen LogP contribution >= 0.6 is 20.7 Å². The van der Waals surface area contributed by atoms with E-state index in [1.807, 2.05) is 0 Å². The van der Waals surface area contributed by atoms with Crippen molar-refractivity contribution in [2.75, 3.05) is 0 Å². The van der Waals surface area contributed by atoms with Crippen LogP contribution in [0.5, 0.6) is 0 Å². The number of hydrogen-bond acceptors (Lipinski definition) is 0. The molecule has 1 rings (SSSR count). The molecule has 0 radical (unpaired) electrons. The lowest BCUT2D eigenvalue weighted by atomic mass is 10.3. The third-order valence-electron chi connectivity index (χ3n) is 0.929. The van der Waals surface area contributed by atoms with E-state index in [1.165, 1.54) is 10.1 Å². The van der Waals surface area contributed by atoms with Crippen molar-refractivity contribution in [2.24, 2.45) is 0 Å². The van der Waals surface area contributed by atoms with Crippen LogP contribution in [0.25, 0.3) is 0 Å². The minimum atomic E-state index is -4.15. The van der Waals surface area contributed by atoms with Crippen molar-refractivity contribution in [1.29, 1.82) is 0 Å². The average Bonchev–Trinajstić information content (AvgIpc) is 1.88. The summed E-state index contributed by atoms with van der Waals surface area (Å²) in [6.07, 6.45) is -1.58. The molecule has 1 aliphatic heterocycles. The Hall–Kier alpha value is -0.130. The summed E-state index contributed by atoms with van der Waals surface area (Å²) in [5.41, 5.74) is -0.497. The summed E-state index contributed by atoms with van der Waals surface area (Å²) in [6.45, 7) is 0. The summed E-state index contributed by atoms with van der Waals surface area (Å²) in [5.74, 6) is 0. The summed E-state index contributed by atoms with van der Waals surface area (Å²) in [5, 5.41) is 0. The zero-order chi connectivity index (χ0) is 7.61. The van der Waals surface area contributed by atoms with Gasteiger partial charge in [0, 0.05) is 0 Å². The van der Waals surface area contributed by atoms with Gasteiger partial charge in [0.15, 0.2) is 0 Å². The van der Waals surface area contributed by atoms with Crippen LogP contribution in [-0.2, 0) is 0 Å². The van der Waals surface area contributed by atoms with Gasteiger partial charge in [-0.25, -0.2) is 0 Å². The summed E-state index contributed by atoms with van der Waals surface area (Å²) < 4.78 is 38.5. The lowest BCUT2D eigenvalue weighted by molar-refractivity contribution is -0.0853. The Morgan fingerprint density at radius 3 is 2.30 bits per heavy atom. The Morgan fingerprint density at radius 1 is 1.30 bits per heavy atom. The topological polar surface area (TPSA) is 0 Å². The summed E-state index contributed by atoms with van der Waals surface area (Å²) >= 11 is -0.485. The Kier molecular flexibility index (Phi) is 2.28. The van der Waals surface area contributed by atoms with Crippen molar-refractivity contribution in [3.8, 4) is 0 Å². The quantitative estimate of drug-likeness (QED) is 0.587. The van der Waals surface area contributed by atoms with Gasteiger partial charge < -0.3 is 0 Å². The van der Waals surface area contributed by atoms with Crippen molar-refractivity contribution in [1.82, 2.24) is 0 Å². The lowest BCUT2D eigenvalue weighted by Gasteiger charge is -2.06. The molecule has 0 atom stereocenters. The molecule has 1 aliphatic rings. The van der Waals surface area contributed by atoms with Gasteiger partial charge in [0.1, 0.15) is 0 Å². The van der Waals surface area contributed by atoms with E-state index in [0.717, 1.165) is 6.08 Å². The highest BCUT2D eigenvalue weighted by Gasteiger charge is 2.31. The number of hydrogen-bond donors (Lipinski definition) is 0. The van der Waals surface area contributed by atoms with Crippen LogP contribution in [0.3, 0.4) is 0 Å². The van der Waals surface area contributed by atoms with Crippen LogP contribution in [0.1, 0.15) is 0 Å². The smallest absolute Gasteiger partial charge is 0.166 e. The second-order valence-electron chi connectivity index (χ2n) is 1.67. The van der Waals surface area contributed by atoms with Gasteiger partial charge in [-0.1, -0.05) is 26.8 Å². The van der Waals surface area contributed by atoms with Gasteiger partial charge in [0.25, 0.3) is 0 Å². The first-order valence-electron chi connectivity index (χ1n) is 2.50. The average molecular weight is 260 g/mol. The molecule has 0 nitrogen and oxygen atoms in total. The summed E-state index contributed by atoms with van der Waals surface area (Å²) in [4.78, 5) is 0. The maximum atomic E-state index is 11.8. The summed E-state index contributed by atoms with van der Waals surface area (Å²) in [7, 11) is 0. The molecule has 10 heavy (non-hydrogen) atoms. The Labute approximate surface area is 66.2 Å².